The van der Waals surface area contributed by atoms with Gasteiger partial charge in [-0.2, -0.15) is 0 Å². The number of rotatable bonds is 6. The summed E-state index contributed by atoms with van der Waals surface area (Å²) in [7, 11) is 4.08. The monoisotopic (exact) mass is 418 g/mol. The normalized spacial score (nSPS) is 17.6. The van der Waals surface area contributed by atoms with Crippen LogP contribution in [0.3, 0.4) is 0 Å². The first kappa shape index (κ1) is 21.1. The third-order valence-corrected chi connectivity index (χ3v) is 4.54. The van der Waals surface area contributed by atoms with E-state index in [0.717, 1.165) is 0 Å². The first-order chi connectivity index (χ1) is 14.4. The summed E-state index contributed by atoms with van der Waals surface area (Å²) < 4.78 is 27.0. The zero-order valence-electron chi connectivity index (χ0n) is 16.6. The maximum Gasteiger partial charge on any atom is 0.330 e. The zero-order chi connectivity index (χ0) is 21.8. The van der Waals surface area contributed by atoms with E-state index in [1.807, 2.05) is 0 Å². The number of ether oxygens (including phenoxy) is 5. The van der Waals surface area contributed by atoms with Crippen LogP contribution in [0.25, 0.3) is 6.08 Å². The summed E-state index contributed by atoms with van der Waals surface area (Å²) >= 11 is 0. The van der Waals surface area contributed by atoms with Crippen LogP contribution in [0.2, 0.25) is 0 Å². The van der Waals surface area contributed by atoms with Crippen molar-refractivity contribution < 1.29 is 43.8 Å². The van der Waals surface area contributed by atoms with Gasteiger partial charge in [0.15, 0.2) is 35.2 Å². The molecule has 0 saturated heterocycles. The summed E-state index contributed by atoms with van der Waals surface area (Å²) in [5.41, 5.74) is 1.01. The Kier molecular flexibility index (Phi) is 6.22. The largest absolute Gasteiger partial charge is 0.504 e. The van der Waals surface area contributed by atoms with E-state index in [-0.39, 0.29) is 18.1 Å². The van der Waals surface area contributed by atoms with E-state index in [4.69, 9.17) is 18.9 Å². The maximum absolute atomic E-state index is 11.4. The molecule has 2 aromatic rings. The number of aromatic hydroxyl groups is 2. The number of aliphatic hydroxyl groups is 1. The van der Waals surface area contributed by atoms with Crippen molar-refractivity contribution in [1.29, 1.82) is 0 Å². The molecule has 1 heterocycles. The molecule has 3 N–H and O–H groups in total. The average Bonchev–Trinajstić information content (AvgIpc) is 2.77. The smallest absolute Gasteiger partial charge is 0.330 e. The second-order valence-corrected chi connectivity index (χ2v) is 6.38. The van der Waals surface area contributed by atoms with Gasteiger partial charge in [-0.3, -0.25) is 0 Å². The third kappa shape index (κ3) is 4.06. The molecule has 0 aliphatic carbocycles. The third-order valence-electron chi connectivity index (χ3n) is 4.54. The number of fused-ring (bicyclic) bond motifs is 1. The van der Waals surface area contributed by atoms with E-state index < -0.39 is 29.7 Å². The van der Waals surface area contributed by atoms with Gasteiger partial charge in [-0.15, -0.1) is 0 Å². The Balaban J connectivity index is 2.04. The van der Waals surface area contributed by atoms with Crippen LogP contribution in [0, 0.1) is 0 Å². The van der Waals surface area contributed by atoms with E-state index in [1.54, 1.807) is 12.1 Å². The van der Waals surface area contributed by atoms with Gasteiger partial charge < -0.3 is 39.0 Å². The molecule has 0 aromatic heterocycles. The van der Waals surface area contributed by atoms with Crippen LogP contribution in [0.1, 0.15) is 17.2 Å². The van der Waals surface area contributed by atoms with E-state index in [2.05, 4.69) is 4.74 Å². The fourth-order valence-electron chi connectivity index (χ4n) is 3.06. The number of benzene rings is 2. The molecule has 1 aliphatic rings. The molecular formula is C21H22O9. The van der Waals surface area contributed by atoms with Crippen LogP contribution in [0.15, 0.2) is 30.3 Å². The van der Waals surface area contributed by atoms with Crippen LogP contribution in [-0.4, -0.2) is 55.3 Å². The highest BCUT2D eigenvalue weighted by Crippen LogP contribution is 2.48. The van der Waals surface area contributed by atoms with Gasteiger partial charge in [0.2, 0.25) is 11.5 Å². The van der Waals surface area contributed by atoms with Gasteiger partial charge in [0, 0.05) is 11.6 Å². The number of carbonyl (C=O) groups excluding carboxylic acids is 1. The van der Waals surface area contributed by atoms with E-state index in [1.165, 1.54) is 45.6 Å². The summed E-state index contributed by atoms with van der Waals surface area (Å²) in [6.45, 7) is -0.388. The minimum Gasteiger partial charge on any atom is -0.504 e. The summed E-state index contributed by atoms with van der Waals surface area (Å²) in [6, 6.07) is 6.06. The van der Waals surface area contributed by atoms with Crippen molar-refractivity contribution >= 4 is 12.0 Å². The van der Waals surface area contributed by atoms with Gasteiger partial charge >= 0.3 is 5.97 Å². The Morgan fingerprint density at radius 2 is 1.80 bits per heavy atom. The van der Waals surface area contributed by atoms with Crippen molar-refractivity contribution in [3.63, 3.8) is 0 Å². The lowest BCUT2D eigenvalue weighted by atomic mass is 10.0. The summed E-state index contributed by atoms with van der Waals surface area (Å²) in [4.78, 5) is 11.4. The maximum atomic E-state index is 11.4. The van der Waals surface area contributed by atoms with Crippen molar-refractivity contribution in [2.45, 2.75) is 12.2 Å². The Hall–Kier alpha value is -3.59. The van der Waals surface area contributed by atoms with Crippen LogP contribution in [-0.2, 0) is 9.53 Å². The lowest BCUT2D eigenvalue weighted by Crippen LogP contribution is -2.36. The highest BCUT2D eigenvalue weighted by atomic mass is 16.6. The van der Waals surface area contributed by atoms with Crippen molar-refractivity contribution in [2.75, 3.05) is 27.9 Å². The first-order valence-corrected chi connectivity index (χ1v) is 8.93. The van der Waals surface area contributed by atoms with Crippen molar-refractivity contribution in [3.05, 3.63) is 41.5 Å². The van der Waals surface area contributed by atoms with Gasteiger partial charge in [-0.25, -0.2) is 4.79 Å². The molecule has 0 fully saturated rings. The zero-order valence-corrected chi connectivity index (χ0v) is 16.6. The van der Waals surface area contributed by atoms with Crippen molar-refractivity contribution in [1.82, 2.24) is 0 Å². The Bertz CT molecular complexity index is 967. The molecular weight excluding hydrogens is 396 g/mol. The molecule has 2 aromatic carbocycles. The number of phenols is 2. The fraction of sp³-hybridized carbons (Fsp3) is 0.286. The average molecular weight is 418 g/mol. The predicted octanol–water partition coefficient (Wildman–Crippen LogP) is 2.17. The fourth-order valence-corrected chi connectivity index (χ4v) is 3.06. The van der Waals surface area contributed by atoms with E-state index in [0.29, 0.717) is 22.6 Å². The Morgan fingerprint density at radius 3 is 2.43 bits per heavy atom. The van der Waals surface area contributed by atoms with Gasteiger partial charge in [-0.1, -0.05) is 0 Å². The lowest BCUT2D eigenvalue weighted by molar-refractivity contribution is -0.134. The minimum atomic E-state index is -0.826. The first-order valence-electron chi connectivity index (χ1n) is 8.93. The Morgan fingerprint density at radius 1 is 1.07 bits per heavy atom. The molecule has 9 nitrogen and oxygen atoms in total. The lowest BCUT2D eigenvalue weighted by Gasteiger charge is -2.34. The second-order valence-electron chi connectivity index (χ2n) is 6.38. The Labute approximate surface area is 172 Å². The SMILES string of the molecule is COC(=O)/C=C/c1cc(OC)c2c(c1)OC(c1cc(O)c(O)c(OC)c1)C(CO)O2. The number of methoxy groups -OCH3 is 3. The highest BCUT2D eigenvalue weighted by molar-refractivity contribution is 5.87. The number of aliphatic hydroxyl groups excluding tert-OH is 1. The molecule has 2 unspecified atom stereocenters. The second kappa shape index (κ2) is 8.83. The van der Waals surface area contributed by atoms with Crippen molar-refractivity contribution in [3.8, 4) is 34.5 Å². The number of phenolic OH excluding ortho intramolecular Hbond substituents is 2. The summed E-state index contributed by atoms with van der Waals surface area (Å²) in [5, 5.41) is 29.7. The molecule has 1 aliphatic heterocycles. The molecule has 30 heavy (non-hydrogen) atoms. The molecule has 0 radical (unpaired) electrons. The molecule has 0 spiro atoms. The topological polar surface area (TPSA) is 124 Å². The standard InChI is InChI=1S/C21H22O9/c1-26-14-9-12(8-13(23)19(14)25)20-17(10-22)30-21-15(27-2)6-11(7-16(21)29-20)4-5-18(24)28-3/h4-9,17,20,22-23,25H,10H2,1-3H3/b5-4+. The van der Waals surface area contributed by atoms with Gasteiger partial charge in [0.1, 0.15) is 0 Å². The molecule has 9 heteroatoms. The van der Waals surface area contributed by atoms with Gasteiger partial charge in [0.05, 0.1) is 27.9 Å². The minimum absolute atomic E-state index is 0.0448. The van der Waals surface area contributed by atoms with Crippen LogP contribution >= 0.6 is 0 Å². The molecule has 0 saturated carbocycles. The number of hydrogen-bond acceptors (Lipinski definition) is 9. The van der Waals surface area contributed by atoms with E-state index >= 15 is 0 Å². The number of esters is 1. The highest BCUT2D eigenvalue weighted by Gasteiger charge is 2.35. The molecule has 0 bridgehead atoms. The van der Waals surface area contributed by atoms with Crippen LogP contribution in [0.5, 0.6) is 34.5 Å². The molecule has 160 valence electrons. The molecule has 0 amide bonds. The molecule has 2 atom stereocenters. The number of carbonyl (C=O) groups is 1. The van der Waals surface area contributed by atoms with E-state index in [9.17, 15) is 20.1 Å². The van der Waals surface area contributed by atoms with Gasteiger partial charge in [0.25, 0.3) is 0 Å². The van der Waals surface area contributed by atoms with Crippen LogP contribution in [0.4, 0.5) is 0 Å². The predicted molar refractivity (Wildman–Crippen MR) is 105 cm³/mol. The quantitative estimate of drug-likeness (QED) is 0.368. The summed E-state index contributed by atoms with van der Waals surface area (Å²) in [6.07, 6.45) is 1.13. The van der Waals surface area contributed by atoms with Crippen molar-refractivity contribution in [2.24, 2.45) is 0 Å². The van der Waals surface area contributed by atoms with Crippen LogP contribution < -0.4 is 18.9 Å². The van der Waals surface area contributed by atoms with Gasteiger partial charge in [-0.05, 0) is 35.9 Å². The number of hydrogen-bond donors (Lipinski definition) is 3. The summed E-state index contributed by atoms with van der Waals surface area (Å²) in [5.74, 6) is -0.339. The molecule has 3 rings (SSSR count).